The second-order valence-corrected chi connectivity index (χ2v) is 8.77. The molecule has 0 unspecified atom stereocenters. The second kappa shape index (κ2) is 12.5. The lowest BCUT2D eigenvalue weighted by molar-refractivity contribution is -0.142. The van der Waals surface area contributed by atoms with Crippen molar-refractivity contribution in [1.29, 1.82) is 0 Å². The Bertz CT molecular complexity index is 868. The first-order valence-corrected chi connectivity index (χ1v) is 12.0. The van der Waals surface area contributed by atoms with Crippen molar-refractivity contribution in [2.75, 3.05) is 13.2 Å². The summed E-state index contributed by atoms with van der Waals surface area (Å²) in [6.07, 6.45) is 6.77. The number of amides is 2. The number of benzene rings is 2. The van der Waals surface area contributed by atoms with Crippen molar-refractivity contribution in [3.63, 3.8) is 0 Å². The molecule has 6 heteroatoms. The Balaban J connectivity index is 1.69. The summed E-state index contributed by atoms with van der Waals surface area (Å²) in [6, 6.07) is 16.7. The quantitative estimate of drug-likeness (QED) is 0.546. The lowest BCUT2D eigenvalue weighted by atomic mass is 9.95. The molecule has 1 aliphatic rings. The second-order valence-electron chi connectivity index (χ2n) is 8.34. The summed E-state index contributed by atoms with van der Waals surface area (Å²) in [5, 5.41) is 3.74. The molecule has 3 rings (SSSR count). The fraction of sp³-hybridized carbons (Fsp3) is 0.462. The van der Waals surface area contributed by atoms with Gasteiger partial charge in [0.15, 0.2) is 6.61 Å². The van der Waals surface area contributed by atoms with Crippen LogP contribution in [0.3, 0.4) is 0 Å². The maximum Gasteiger partial charge on any atom is 0.261 e. The highest BCUT2D eigenvalue weighted by Crippen LogP contribution is 2.19. The molecule has 0 radical (unpaired) electrons. The van der Waals surface area contributed by atoms with Gasteiger partial charge in [0.05, 0.1) is 0 Å². The zero-order valence-corrected chi connectivity index (χ0v) is 19.5. The molecule has 2 aromatic rings. The summed E-state index contributed by atoms with van der Waals surface area (Å²) in [7, 11) is 0. The van der Waals surface area contributed by atoms with Crippen LogP contribution in [0.2, 0.25) is 5.02 Å². The Morgan fingerprint density at radius 3 is 2.53 bits per heavy atom. The fourth-order valence-corrected chi connectivity index (χ4v) is 4.41. The van der Waals surface area contributed by atoms with Crippen LogP contribution in [-0.4, -0.2) is 41.9 Å². The Labute approximate surface area is 196 Å². The van der Waals surface area contributed by atoms with E-state index in [1.54, 1.807) is 29.2 Å². The molecular weight excluding hydrogens is 424 g/mol. The van der Waals surface area contributed by atoms with Crippen molar-refractivity contribution in [3.8, 4) is 5.75 Å². The number of nitrogens with one attached hydrogen (secondary N) is 1. The molecule has 1 atom stereocenters. The molecule has 1 saturated carbocycles. The van der Waals surface area contributed by atoms with E-state index in [0.717, 1.165) is 31.2 Å². The lowest BCUT2D eigenvalue weighted by Crippen LogP contribution is -2.53. The molecule has 0 spiro atoms. The van der Waals surface area contributed by atoms with Crippen molar-refractivity contribution >= 4 is 23.4 Å². The van der Waals surface area contributed by atoms with Gasteiger partial charge in [0.2, 0.25) is 5.91 Å². The zero-order valence-electron chi connectivity index (χ0n) is 18.8. The third kappa shape index (κ3) is 7.27. The van der Waals surface area contributed by atoms with Crippen LogP contribution in [0.25, 0.3) is 0 Å². The summed E-state index contributed by atoms with van der Waals surface area (Å²) in [5.41, 5.74) is 1.13. The van der Waals surface area contributed by atoms with Gasteiger partial charge in [-0.3, -0.25) is 9.59 Å². The van der Waals surface area contributed by atoms with Gasteiger partial charge in [-0.05, 0) is 49.4 Å². The maximum absolute atomic E-state index is 13.2. The van der Waals surface area contributed by atoms with E-state index in [-0.39, 0.29) is 24.5 Å². The number of halogens is 1. The predicted octanol–water partition coefficient (Wildman–Crippen LogP) is 5.02. The third-order valence-corrected chi connectivity index (χ3v) is 6.22. The number of hydrogen-bond acceptors (Lipinski definition) is 3. The van der Waals surface area contributed by atoms with Crippen molar-refractivity contribution in [2.24, 2.45) is 0 Å². The molecule has 0 bridgehead atoms. The van der Waals surface area contributed by atoms with E-state index >= 15 is 0 Å². The number of carbonyl (C=O) groups is 2. The highest BCUT2D eigenvalue weighted by atomic mass is 35.5. The number of rotatable bonds is 10. The van der Waals surface area contributed by atoms with Crippen molar-refractivity contribution in [2.45, 2.75) is 64.0 Å². The van der Waals surface area contributed by atoms with Gasteiger partial charge in [0, 0.05) is 17.6 Å². The van der Waals surface area contributed by atoms with E-state index in [9.17, 15) is 9.59 Å². The number of carbonyl (C=O) groups excluding carboxylic acids is 2. The van der Waals surface area contributed by atoms with Gasteiger partial charge in [-0.1, -0.05) is 74.2 Å². The van der Waals surface area contributed by atoms with E-state index in [0.29, 0.717) is 30.2 Å². The van der Waals surface area contributed by atoms with Gasteiger partial charge in [-0.15, -0.1) is 0 Å². The van der Waals surface area contributed by atoms with Gasteiger partial charge in [0.1, 0.15) is 11.8 Å². The minimum Gasteiger partial charge on any atom is -0.484 e. The van der Waals surface area contributed by atoms with Crippen molar-refractivity contribution in [3.05, 3.63) is 65.2 Å². The van der Waals surface area contributed by atoms with Crippen LogP contribution in [0.5, 0.6) is 5.75 Å². The molecule has 172 valence electrons. The molecule has 0 aliphatic heterocycles. The number of ether oxygens (including phenoxy) is 1. The van der Waals surface area contributed by atoms with Crippen molar-refractivity contribution < 1.29 is 14.3 Å². The minimum atomic E-state index is -0.517. The highest BCUT2D eigenvalue weighted by molar-refractivity contribution is 6.30. The summed E-state index contributed by atoms with van der Waals surface area (Å²) in [6.45, 7) is 2.27. The van der Waals surface area contributed by atoms with Crippen molar-refractivity contribution in [1.82, 2.24) is 10.2 Å². The van der Waals surface area contributed by atoms with Gasteiger partial charge >= 0.3 is 0 Å². The van der Waals surface area contributed by atoms with Crippen LogP contribution in [0.1, 0.15) is 51.0 Å². The van der Waals surface area contributed by atoms with Gasteiger partial charge in [-0.25, -0.2) is 0 Å². The Hall–Kier alpha value is -2.53. The van der Waals surface area contributed by atoms with Crippen LogP contribution in [0, 0.1) is 0 Å². The highest BCUT2D eigenvalue weighted by Gasteiger charge is 2.30. The molecule has 2 amide bonds. The van der Waals surface area contributed by atoms with Gasteiger partial charge in [-0.2, -0.15) is 0 Å². The normalized spacial score (nSPS) is 15.1. The van der Waals surface area contributed by atoms with Crippen LogP contribution in [0.15, 0.2) is 54.6 Å². The molecule has 1 fully saturated rings. The first-order valence-electron chi connectivity index (χ1n) is 11.6. The Kier molecular flexibility index (Phi) is 9.42. The fourth-order valence-electron chi connectivity index (χ4n) is 4.22. The molecule has 32 heavy (non-hydrogen) atoms. The first-order chi connectivity index (χ1) is 15.6. The maximum atomic E-state index is 13.2. The smallest absolute Gasteiger partial charge is 0.261 e. The SMILES string of the molecule is CC[C@H](C(=O)NC1CCCCC1)N(CCc1ccccc1)C(=O)COc1cccc(Cl)c1. The van der Waals surface area contributed by atoms with Crippen LogP contribution in [0.4, 0.5) is 0 Å². The monoisotopic (exact) mass is 456 g/mol. The zero-order chi connectivity index (χ0) is 22.8. The minimum absolute atomic E-state index is 0.0661. The van der Waals surface area contributed by atoms with Gasteiger partial charge < -0.3 is 15.0 Å². The molecule has 2 aromatic carbocycles. The summed E-state index contributed by atoms with van der Waals surface area (Å²) in [4.78, 5) is 28.0. The molecule has 5 nitrogen and oxygen atoms in total. The molecule has 0 saturated heterocycles. The van der Waals surface area contributed by atoms with E-state index in [2.05, 4.69) is 5.32 Å². The van der Waals surface area contributed by atoms with E-state index < -0.39 is 6.04 Å². The summed E-state index contributed by atoms with van der Waals surface area (Å²) >= 11 is 6.02. The topological polar surface area (TPSA) is 58.6 Å². The summed E-state index contributed by atoms with van der Waals surface area (Å²) < 4.78 is 5.70. The number of hydrogen-bond donors (Lipinski definition) is 1. The van der Waals surface area contributed by atoms with Gasteiger partial charge in [0.25, 0.3) is 5.91 Å². The lowest BCUT2D eigenvalue weighted by Gasteiger charge is -2.32. The molecule has 1 N–H and O–H groups in total. The molecular formula is C26H33ClN2O3. The van der Waals surface area contributed by atoms with Crippen LogP contribution < -0.4 is 10.1 Å². The predicted molar refractivity (Wildman–Crippen MR) is 128 cm³/mol. The first kappa shape index (κ1) is 24.1. The van der Waals surface area contributed by atoms with E-state index in [4.69, 9.17) is 16.3 Å². The molecule has 0 aromatic heterocycles. The third-order valence-electron chi connectivity index (χ3n) is 5.98. The number of nitrogens with zero attached hydrogens (tertiary/aromatic N) is 1. The standard InChI is InChI=1S/C26H33ClN2O3/c1-2-24(26(31)28-22-13-7-4-8-14-22)29(17-16-20-10-5-3-6-11-20)25(30)19-32-23-15-9-12-21(27)18-23/h3,5-6,9-12,15,18,22,24H,2,4,7-8,13-14,16-17,19H2,1H3,(H,28,31)/t24-/m1/s1. The average molecular weight is 457 g/mol. The summed E-state index contributed by atoms with van der Waals surface area (Å²) in [5.74, 6) is 0.267. The molecule has 0 heterocycles. The largest absolute Gasteiger partial charge is 0.484 e. The van der Waals surface area contributed by atoms with E-state index in [1.165, 1.54) is 6.42 Å². The average Bonchev–Trinajstić information content (AvgIpc) is 2.81. The molecule has 1 aliphatic carbocycles. The Morgan fingerprint density at radius 1 is 1.09 bits per heavy atom. The van der Waals surface area contributed by atoms with Crippen LogP contribution in [-0.2, 0) is 16.0 Å². The van der Waals surface area contributed by atoms with E-state index in [1.807, 2.05) is 37.3 Å². The van der Waals surface area contributed by atoms with Crippen LogP contribution >= 0.6 is 11.6 Å². The Morgan fingerprint density at radius 2 is 1.84 bits per heavy atom.